The Morgan fingerprint density at radius 2 is 1.91 bits per heavy atom. The monoisotopic (exact) mass is 335 g/mol. The second kappa shape index (κ2) is 7.47. The molecular formula is C18H29N3OS. The highest BCUT2D eigenvalue weighted by atomic mass is 32.2. The average Bonchev–Trinajstić information content (AvgIpc) is 2.48. The lowest BCUT2D eigenvalue weighted by atomic mass is 10.1. The molecule has 128 valence electrons. The van der Waals surface area contributed by atoms with Crippen molar-refractivity contribution in [1.29, 1.82) is 0 Å². The SMILES string of the molecule is Cc1cc(N2CCSCC2)ccc1N[C@@H](C)C(=O)NC(C)(C)C. The summed E-state index contributed by atoms with van der Waals surface area (Å²) in [6, 6.07) is 6.20. The number of benzene rings is 1. The molecule has 4 nitrogen and oxygen atoms in total. The summed E-state index contributed by atoms with van der Waals surface area (Å²) in [5, 5.41) is 6.34. The smallest absolute Gasteiger partial charge is 0.242 e. The van der Waals surface area contributed by atoms with Gasteiger partial charge in [0.1, 0.15) is 6.04 Å². The summed E-state index contributed by atoms with van der Waals surface area (Å²) in [6.07, 6.45) is 0. The molecule has 1 atom stereocenters. The van der Waals surface area contributed by atoms with Gasteiger partial charge in [0.25, 0.3) is 0 Å². The fraction of sp³-hybridized carbons (Fsp3) is 0.611. The first-order valence-corrected chi connectivity index (χ1v) is 9.43. The number of nitrogens with zero attached hydrogens (tertiary/aromatic N) is 1. The van der Waals surface area contributed by atoms with Crippen molar-refractivity contribution in [2.75, 3.05) is 34.8 Å². The maximum atomic E-state index is 12.2. The van der Waals surface area contributed by atoms with Crippen LogP contribution < -0.4 is 15.5 Å². The van der Waals surface area contributed by atoms with Crippen LogP contribution in [0.25, 0.3) is 0 Å². The summed E-state index contributed by atoms with van der Waals surface area (Å²) < 4.78 is 0. The molecule has 23 heavy (non-hydrogen) atoms. The largest absolute Gasteiger partial charge is 0.374 e. The van der Waals surface area contributed by atoms with E-state index in [-0.39, 0.29) is 17.5 Å². The van der Waals surface area contributed by atoms with Gasteiger partial charge in [-0.3, -0.25) is 4.79 Å². The number of hydrogen-bond acceptors (Lipinski definition) is 4. The van der Waals surface area contributed by atoms with Crippen LogP contribution in [0.5, 0.6) is 0 Å². The summed E-state index contributed by atoms with van der Waals surface area (Å²) in [6.45, 7) is 12.2. The molecule has 0 spiro atoms. The third-order valence-electron chi connectivity index (χ3n) is 3.85. The highest BCUT2D eigenvalue weighted by Crippen LogP contribution is 2.25. The topological polar surface area (TPSA) is 44.4 Å². The highest BCUT2D eigenvalue weighted by molar-refractivity contribution is 7.99. The predicted octanol–water partition coefficient (Wildman–Crippen LogP) is 3.26. The van der Waals surface area contributed by atoms with E-state index in [1.165, 1.54) is 22.8 Å². The minimum atomic E-state index is -0.259. The number of hydrogen-bond donors (Lipinski definition) is 2. The predicted molar refractivity (Wildman–Crippen MR) is 102 cm³/mol. The van der Waals surface area contributed by atoms with Crippen LogP contribution in [0, 0.1) is 6.92 Å². The minimum Gasteiger partial charge on any atom is -0.374 e. The number of aryl methyl sites for hydroxylation is 1. The van der Waals surface area contributed by atoms with E-state index < -0.39 is 0 Å². The number of carbonyl (C=O) groups excluding carboxylic acids is 1. The molecule has 0 aliphatic carbocycles. The Kier molecular flexibility index (Phi) is 5.84. The third kappa shape index (κ3) is 5.34. The Bertz CT molecular complexity index is 548. The van der Waals surface area contributed by atoms with Crippen molar-refractivity contribution in [3.63, 3.8) is 0 Å². The fourth-order valence-corrected chi connectivity index (χ4v) is 3.51. The first-order valence-electron chi connectivity index (χ1n) is 8.28. The number of nitrogens with one attached hydrogen (secondary N) is 2. The van der Waals surface area contributed by atoms with Crippen molar-refractivity contribution in [3.05, 3.63) is 23.8 Å². The van der Waals surface area contributed by atoms with E-state index in [1.807, 2.05) is 39.5 Å². The zero-order valence-corrected chi connectivity index (χ0v) is 15.7. The molecule has 2 N–H and O–H groups in total. The summed E-state index contributed by atoms with van der Waals surface area (Å²) in [4.78, 5) is 14.6. The Hall–Kier alpha value is -1.36. The van der Waals surface area contributed by atoms with Gasteiger partial charge in [-0.05, 0) is 58.4 Å². The van der Waals surface area contributed by atoms with Gasteiger partial charge in [0.15, 0.2) is 0 Å². The number of thioether (sulfide) groups is 1. The molecule has 1 fully saturated rings. The molecule has 0 aromatic heterocycles. The van der Waals surface area contributed by atoms with Crippen LogP contribution in [-0.2, 0) is 4.79 Å². The number of anilines is 2. The normalized spacial score (nSPS) is 16.8. The van der Waals surface area contributed by atoms with Crippen molar-refractivity contribution >= 4 is 29.0 Å². The van der Waals surface area contributed by atoms with E-state index in [1.54, 1.807) is 0 Å². The maximum Gasteiger partial charge on any atom is 0.242 e. The van der Waals surface area contributed by atoms with Crippen LogP contribution in [0.15, 0.2) is 18.2 Å². The molecular weight excluding hydrogens is 306 g/mol. The van der Waals surface area contributed by atoms with Crippen molar-refractivity contribution in [2.24, 2.45) is 0 Å². The first kappa shape index (κ1) is 18.0. The van der Waals surface area contributed by atoms with E-state index in [9.17, 15) is 4.79 Å². The van der Waals surface area contributed by atoms with Crippen LogP contribution in [0.1, 0.15) is 33.3 Å². The van der Waals surface area contributed by atoms with E-state index in [4.69, 9.17) is 0 Å². The van der Waals surface area contributed by atoms with Gasteiger partial charge >= 0.3 is 0 Å². The van der Waals surface area contributed by atoms with E-state index in [0.717, 1.165) is 18.8 Å². The van der Waals surface area contributed by atoms with E-state index in [2.05, 4.69) is 40.7 Å². The van der Waals surface area contributed by atoms with Gasteiger partial charge in [-0.25, -0.2) is 0 Å². The Morgan fingerprint density at radius 3 is 2.48 bits per heavy atom. The number of carbonyl (C=O) groups is 1. The Balaban J connectivity index is 2.01. The van der Waals surface area contributed by atoms with Crippen molar-refractivity contribution in [3.8, 4) is 0 Å². The molecule has 5 heteroatoms. The van der Waals surface area contributed by atoms with Gasteiger partial charge in [0.05, 0.1) is 0 Å². The Labute approximate surface area is 144 Å². The fourth-order valence-electron chi connectivity index (χ4n) is 2.60. The van der Waals surface area contributed by atoms with Crippen molar-refractivity contribution < 1.29 is 4.79 Å². The molecule has 1 aliphatic rings. The van der Waals surface area contributed by atoms with Crippen LogP contribution in [-0.4, -0.2) is 42.1 Å². The van der Waals surface area contributed by atoms with Gasteiger partial charge in [0.2, 0.25) is 5.91 Å². The second-order valence-electron chi connectivity index (χ2n) is 7.20. The quantitative estimate of drug-likeness (QED) is 0.886. The lowest BCUT2D eigenvalue weighted by molar-refractivity contribution is -0.122. The van der Waals surface area contributed by atoms with Crippen LogP contribution in [0.2, 0.25) is 0 Å². The van der Waals surface area contributed by atoms with Gasteiger partial charge in [-0.1, -0.05) is 0 Å². The molecule has 1 aromatic carbocycles. The maximum absolute atomic E-state index is 12.2. The molecule has 1 aliphatic heterocycles. The summed E-state index contributed by atoms with van der Waals surface area (Å²) >= 11 is 2.02. The highest BCUT2D eigenvalue weighted by Gasteiger charge is 2.20. The van der Waals surface area contributed by atoms with Gasteiger partial charge < -0.3 is 15.5 Å². The summed E-state index contributed by atoms with van der Waals surface area (Å²) in [5.41, 5.74) is 3.27. The Morgan fingerprint density at radius 1 is 1.26 bits per heavy atom. The molecule has 0 bridgehead atoms. The van der Waals surface area contributed by atoms with Gasteiger partial charge in [0, 0.05) is 41.5 Å². The van der Waals surface area contributed by atoms with Crippen LogP contribution in [0.3, 0.4) is 0 Å². The molecule has 0 unspecified atom stereocenters. The number of rotatable bonds is 4. The molecule has 1 saturated heterocycles. The zero-order valence-electron chi connectivity index (χ0n) is 14.9. The molecule has 2 rings (SSSR count). The minimum absolute atomic E-state index is 0.0223. The summed E-state index contributed by atoms with van der Waals surface area (Å²) in [5.74, 6) is 2.42. The zero-order chi connectivity index (χ0) is 17.0. The average molecular weight is 336 g/mol. The van der Waals surface area contributed by atoms with Crippen LogP contribution >= 0.6 is 11.8 Å². The van der Waals surface area contributed by atoms with Crippen LogP contribution in [0.4, 0.5) is 11.4 Å². The van der Waals surface area contributed by atoms with E-state index >= 15 is 0 Å². The van der Waals surface area contributed by atoms with Crippen molar-refractivity contribution in [1.82, 2.24) is 5.32 Å². The molecule has 0 saturated carbocycles. The van der Waals surface area contributed by atoms with Gasteiger partial charge in [-0.15, -0.1) is 0 Å². The van der Waals surface area contributed by atoms with Crippen molar-refractivity contribution in [2.45, 2.75) is 46.2 Å². The lowest BCUT2D eigenvalue weighted by Gasteiger charge is -2.29. The third-order valence-corrected chi connectivity index (χ3v) is 4.79. The molecule has 0 radical (unpaired) electrons. The molecule has 1 amide bonds. The second-order valence-corrected chi connectivity index (χ2v) is 8.43. The summed E-state index contributed by atoms with van der Waals surface area (Å²) in [7, 11) is 0. The molecule has 1 heterocycles. The standard InChI is InChI=1S/C18H29N3OS/c1-13-12-15(21-8-10-23-11-9-21)6-7-16(13)19-14(2)17(22)20-18(3,4)5/h6-7,12,14,19H,8-11H2,1-5H3,(H,20,22)/t14-/m0/s1. The lowest BCUT2D eigenvalue weighted by Crippen LogP contribution is -2.47. The van der Waals surface area contributed by atoms with Gasteiger partial charge in [-0.2, -0.15) is 11.8 Å². The van der Waals surface area contributed by atoms with E-state index in [0.29, 0.717) is 0 Å². The molecule has 1 aromatic rings. The number of amides is 1. The first-order chi connectivity index (χ1) is 10.8.